The van der Waals surface area contributed by atoms with Gasteiger partial charge in [0.05, 0.1) is 17.9 Å². The summed E-state index contributed by atoms with van der Waals surface area (Å²) in [6.45, 7) is 1.29. The van der Waals surface area contributed by atoms with E-state index < -0.39 is 11.9 Å². The van der Waals surface area contributed by atoms with Crippen LogP contribution in [0.1, 0.15) is 6.92 Å². The molecular weight excluding hydrogens is 196 g/mol. The molecule has 0 fully saturated rings. The van der Waals surface area contributed by atoms with E-state index in [-0.39, 0.29) is 5.57 Å². The summed E-state index contributed by atoms with van der Waals surface area (Å²) in [5, 5.41) is 12.8. The number of carbonyl (C=O) groups excluding carboxylic acids is 2. The largest absolute Gasteiger partial charge is 0.545 e. The number of anilines is 1. The number of hydrogen-bond acceptors (Lipinski definition) is 4. The molecule has 1 aromatic heterocycles. The molecule has 0 saturated carbocycles. The highest BCUT2D eigenvalue weighted by atomic mass is 16.4. The van der Waals surface area contributed by atoms with E-state index in [0.717, 1.165) is 6.08 Å². The Bertz CT molecular complexity index is 398. The van der Waals surface area contributed by atoms with Crippen molar-refractivity contribution in [2.75, 3.05) is 5.32 Å². The summed E-state index contributed by atoms with van der Waals surface area (Å²) in [6.07, 6.45) is 3.99. The molecule has 0 saturated heterocycles. The summed E-state index contributed by atoms with van der Waals surface area (Å²) in [7, 11) is 0. The van der Waals surface area contributed by atoms with Gasteiger partial charge in [-0.2, -0.15) is 0 Å². The SMILES string of the molecule is CC(=CC(=O)Nc1cccnc1)C(=O)[O-]. The predicted octanol–water partition coefficient (Wildman–Crippen LogP) is -0.284. The highest BCUT2D eigenvalue weighted by Crippen LogP contribution is 2.03. The van der Waals surface area contributed by atoms with Crippen molar-refractivity contribution < 1.29 is 14.7 Å². The third-order valence-electron chi connectivity index (χ3n) is 1.60. The van der Waals surface area contributed by atoms with Crippen LogP contribution >= 0.6 is 0 Å². The summed E-state index contributed by atoms with van der Waals surface area (Å²) < 4.78 is 0. The van der Waals surface area contributed by atoms with Gasteiger partial charge in [-0.3, -0.25) is 9.78 Å². The Morgan fingerprint density at radius 2 is 2.27 bits per heavy atom. The zero-order valence-electron chi connectivity index (χ0n) is 8.06. The molecule has 0 aromatic carbocycles. The van der Waals surface area contributed by atoms with Crippen LogP contribution in [0.25, 0.3) is 0 Å². The maximum atomic E-state index is 11.2. The average molecular weight is 205 g/mol. The second-order valence-electron chi connectivity index (χ2n) is 2.85. The van der Waals surface area contributed by atoms with Gasteiger partial charge in [0.25, 0.3) is 0 Å². The van der Waals surface area contributed by atoms with E-state index in [9.17, 15) is 14.7 Å². The number of hydrogen-bond donors (Lipinski definition) is 1. The van der Waals surface area contributed by atoms with Crippen molar-refractivity contribution in [3.63, 3.8) is 0 Å². The molecule has 5 heteroatoms. The third kappa shape index (κ3) is 3.60. The molecule has 0 unspecified atom stereocenters. The van der Waals surface area contributed by atoms with Crippen molar-refractivity contribution in [2.24, 2.45) is 0 Å². The molecule has 78 valence electrons. The summed E-state index contributed by atoms with van der Waals surface area (Å²) in [4.78, 5) is 25.3. The standard InChI is InChI=1S/C10H10N2O3/c1-7(10(14)15)5-9(13)12-8-3-2-4-11-6-8/h2-6H,1H3,(H,12,13)(H,14,15)/p-1. The number of amides is 1. The Hall–Kier alpha value is -2.17. The number of nitrogens with zero attached hydrogens (tertiary/aromatic N) is 1. The lowest BCUT2D eigenvalue weighted by Gasteiger charge is -2.03. The van der Waals surface area contributed by atoms with Gasteiger partial charge in [0.1, 0.15) is 0 Å². The van der Waals surface area contributed by atoms with Gasteiger partial charge in [0, 0.05) is 12.3 Å². The molecule has 0 spiro atoms. The van der Waals surface area contributed by atoms with Crippen LogP contribution in [0.3, 0.4) is 0 Å². The van der Waals surface area contributed by atoms with Gasteiger partial charge in [-0.1, -0.05) is 0 Å². The van der Waals surface area contributed by atoms with Crippen molar-refractivity contribution in [3.05, 3.63) is 36.2 Å². The summed E-state index contributed by atoms with van der Waals surface area (Å²) >= 11 is 0. The molecule has 1 aromatic rings. The first-order valence-corrected chi connectivity index (χ1v) is 4.20. The maximum absolute atomic E-state index is 11.2. The van der Waals surface area contributed by atoms with Crippen LogP contribution in [-0.2, 0) is 9.59 Å². The first-order chi connectivity index (χ1) is 7.09. The smallest absolute Gasteiger partial charge is 0.248 e. The van der Waals surface area contributed by atoms with E-state index in [1.165, 1.54) is 13.1 Å². The van der Waals surface area contributed by atoms with Crippen molar-refractivity contribution >= 4 is 17.6 Å². The Morgan fingerprint density at radius 1 is 1.53 bits per heavy atom. The Kier molecular flexibility index (Phi) is 3.56. The van der Waals surface area contributed by atoms with Crippen molar-refractivity contribution in [1.82, 2.24) is 4.98 Å². The molecule has 0 aliphatic rings. The number of aliphatic carboxylic acids is 1. The minimum Gasteiger partial charge on any atom is -0.545 e. The third-order valence-corrected chi connectivity index (χ3v) is 1.60. The molecule has 1 heterocycles. The average Bonchev–Trinajstić information content (AvgIpc) is 2.18. The topological polar surface area (TPSA) is 82.1 Å². The number of aromatic nitrogens is 1. The number of nitrogens with one attached hydrogen (secondary N) is 1. The van der Waals surface area contributed by atoms with Gasteiger partial charge in [-0.05, 0) is 24.6 Å². The molecule has 1 rings (SSSR count). The van der Waals surface area contributed by atoms with E-state index in [4.69, 9.17) is 0 Å². The summed E-state index contributed by atoms with van der Waals surface area (Å²) in [6, 6.07) is 3.30. The second-order valence-corrected chi connectivity index (χ2v) is 2.85. The summed E-state index contributed by atoms with van der Waals surface area (Å²) in [5.41, 5.74) is 0.376. The molecule has 0 bridgehead atoms. The van der Waals surface area contributed by atoms with Crippen molar-refractivity contribution in [1.29, 1.82) is 0 Å². The van der Waals surface area contributed by atoms with Crippen molar-refractivity contribution in [2.45, 2.75) is 6.92 Å². The van der Waals surface area contributed by atoms with Gasteiger partial charge in [-0.15, -0.1) is 0 Å². The van der Waals surface area contributed by atoms with E-state index in [0.29, 0.717) is 5.69 Å². The van der Waals surface area contributed by atoms with Gasteiger partial charge in [0.15, 0.2) is 0 Å². The van der Waals surface area contributed by atoms with Gasteiger partial charge in [-0.25, -0.2) is 0 Å². The van der Waals surface area contributed by atoms with E-state index in [1.807, 2.05) is 0 Å². The van der Waals surface area contributed by atoms with Crippen LogP contribution in [0, 0.1) is 0 Å². The monoisotopic (exact) mass is 205 g/mol. The number of pyridine rings is 1. The lowest BCUT2D eigenvalue weighted by molar-refractivity contribution is -0.299. The molecule has 15 heavy (non-hydrogen) atoms. The summed E-state index contributed by atoms with van der Waals surface area (Å²) in [5.74, 6) is -1.89. The lowest BCUT2D eigenvalue weighted by atomic mass is 10.3. The Morgan fingerprint density at radius 3 is 2.80 bits per heavy atom. The van der Waals surface area contributed by atoms with Crippen LogP contribution in [0.4, 0.5) is 5.69 Å². The molecule has 0 atom stereocenters. The van der Waals surface area contributed by atoms with E-state index in [2.05, 4.69) is 10.3 Å². The lowest BCUT2D eigenvalue weighted by Crippen LogP contribution is -2.24. The Balaban J connectivity index is 2.65. The van der Waals surface area contributed by atoms with Gasteiger partial charge in [0.2, 0.25) is 5.91 Å². The van der Waals surface area contributed by atoms with E-state index in [1.54, 1.807) is 18.3 Å². The fraction of sp³-hybridized carbons (Fsp3) is 0.100. The number of carboxylic acid groups (broad SMARTS) is 1. The molecule has 5 nitrogen and oxygen atoms in total. The molecule has 0 aliphatic carbocycles. The van der Waals surface area contributed by atoms with Crippen LogP contribution in [0.5, 0.6) is 0 Å². The second kappa shape index (κ2) is 4.90. The zero-order chi connectivity index (χ0) is 11.3. The van der Waals surface area contributed by atoms with Crippen LogP contribution < -0.4 is 10.4 Å². The van der Waals surface area contributed by atoms with Crippen LogP contribution in [-0.4, -0.2) is 16.9 Å². The number of rotatable bonds is 3. The fourth-order valence-corrected chi connectivity index (χ4v) is 0.871. The number of carboxylic acids is 1. The first kappa shape index (κ1) is 10.9. The predicted molar refractivity (Wildman–Crippen MR) is 51.6 cm³/mol. The zero-order valence-corrected chi connectivity index (χ0v) is 8.06. The highest BCUT2D eigenvalue weighted by Gasteiger charge is 1.99. The first-order valence-electron chi connectivity index (χ1n) is 4.20. The van der Waals surface area contributed by atoms with Crippen LogP contribution in [0.2, 0.25) is 0 Å². The molecule has 1 N–H and O–H groups in total. The minimum absolute atomic E-state index is 0.128. The number of carbonyl (C=O) groups is 2. The van der Waals surface area contributed by atoms with Gasteiger partial charge >= 0.3 is 0 Å². The Labute approximate surface area is 86.5 Å². The molecule has 1 amide bonds. The normalized spacial score (nSPS) is 10.9. The van der Waals surface area contributed by atoms with Crippen molar-refractivity contribution in [3.8, 4) is 0 Å². The molecule has 0 radical (unpaired) electrons. The molecular formula is C10H9N2O3-. The minimum atomic E-state index is -1.36. The van der Waals surface area contributed by atoms with Crippen LogP contribution in [0.15, 0.2) is 36.2 Å². The maximum Gasteiger partial charge on any atom is 0.248 e. The highest BCUT2D eigenvalue weighted by molar-refractivity contribution is 6.03. The quantitative estimate of drug-likeness (QED) is 0.688. The van der Waals surface area contributed by atoms with Gasteiger partial charge < -0.3 is 15.2 Å². The van der Waals surface area contributed by atoms with E-state index >= 15 is 0 Å². The fourth-order valence-electron chi connectivity index (χ4n) is 0.871. The molecule has 0 aliphatic heterocycles.